The van der Waals surface area contributed by atoms with Crippen LogP contribution in [0.25, 0.3) is 0 Å². The highest BCUT2D eigenvalue weighted by atomic mass is 16.6. The van der Waals surface area contributed by atoms with Gasteiger partial charge in [0.1, 0.15) is 13.2 Å². The van der Waals surface area contributed by atoms with E-state index in [1.54, 1.807) is 0 Å². The van der Waals surface area contributed by atoms with Gasteiger partial charge in [0.05, 0.1) is 0 Å². The van der Waals surface area contributed by atoms with Gasteiger partial charge in [-0.05, 0) is 116 Å². The molecule has 6 nitrogen and oxygen atoms in total. The molecule has 1 unspecified atom stereocenters. The molecule has 0 aliphatic rings. The van der Waals surface area contributed by atoms with Gasteiger partial charge in [0.25, 0.3) is 0 Å². The van der Waals surface area contributed by atoms with Crippen molar-refractivity contribution in [2.75, 3.05) is 13.2 Å². The molecule has 0 amide bonds. The molecule has 1 atom stereocenters. The molecule has 0 aliphatic heterocycles. The normalized spacial score (nSPS) is 13.1. The van der Waals surface area contributed by atoms with Crippen LogP contribution in [0.4, 0.5) is 0 Å². The standard InChI is InChI=1S/C74H120O6/c1-4-7-10-13-16-19-22-25-28-31-34-36-37-39-40-43-46-49-52-55-58-61-64-67-73(76)79-70-71(69-78-72(75)66-63-60-57-54-51-48-45-42-33-30-27-24-21-18-15-12-9-6-3)80-74(77)68-65-62-59-56-53-50-47-44-41-38-35-32-29-26-23-20-17-14-11-8-5-2/h7-8,10-11,16-17,19-20,25-26,28-29,34-36,38-40,44,46-47,49,55,58,71H,4-6,9,12-15,18,21-24,27,30-33,37,41-43,45,48,50-54,56-57,59-70H2,1-3H3/b10-7-,11-8-,19-16-,20-17-,28-25-,29-26-,36-34-,38-35-,40-39-,47-44-,49-46-,58-55-. The predicted octanol–water partition coefficient (Wildman–Crippen LogP) is 22.7. The van der Waals surface area contributed by atoms with Crippen molar-refractivity contribution in [1.29, 1.82) is 0 Å². The third-order valence-corrected chi connectivity index (χ3v) is 13.6. The fourth-order valence-corrected chi connectivity index (χ4v) is 8.75. The van der Waals surface area contributed by atoms with Gasteiger partial charge in [0.2, 0.25) is 0 Å². The lowest BCUT2D eigenvalue weighted by Crippen LogP contribution is -2.30. The second kappa shape index (κ2) is 66.8. The van der Waals surface area contributed by atoms with Crippen molar-refractivity contribution in [2.24, 2.45) is 0 Å². The summed E-state index contributed by atoms with van der Waals surface area (Å²) < 4.78 is 16.9. The Kier molecular flexibility index (Phi) is 62.9. The van der Waals surface area contributed by atoms with Gasteiger partial charge in [0.15, 0.2) is 6.10 Å². The van der Waals surface area contributed by atoms with Gasteiger partial charge in [0, 0.05) is 19.3 Å². The molecule has 0 aliphatic carbocycles. The minimum atomic E-state index is -0.819. The van der Waals surface area contributed by atoms with Gasteiger partial charge in [-0.15, -0.1) is 0 Å². The second-order valence-corrected chi connectivity index (χ2v) is 21.3. The maximum absolute atomic E-state index is 12.9. The zero-order valence-corrected chi connectivity index (χ0v) is 51.8. The molecule has 452 valence electrons. The van der Waals surface area contributed by atoms with Crippen LogP contribution in [0.15, 0.2) is 146 Å². The molecular weight excluding hydrogens is 985 g/mol. The van der Waals surface area contributed by atoms with Crippen LogP contribution >= 0.6 is 0 Å². The van der Waals surface area contributed by atoms with E-state index in [2.05, 4.69) is 167 Å². The van der Waals surface area contributed by atoms with Crippen LogP contribution in [0.1, 0.15) is 284 Å². The Balaban J connectivity index is 4.54. The Hall–Kier alpha value is -4.71. The van der Waals surface area contributed by atoms with Gasteiger partial charge < -0.3 is 14.2 Å². The SMILES string of the molecule is CC/C=C\C/C=C\C/C=C\C/C=C\C/C=C\C/C=C\C/C=C\CCCC(=O)OCC(COC(=O)CCCCCCCCCCCCCCCCCCCC)OC(=O)CCCCCCC/C=C\C/C=C\C/C=C\C/C=C\C/C=C\CC. The quantitative estimate of drug-likeness (QED) is 0.0261. The zero-order valence-electron chi connectivity index (χ0n) is 51.8. The molecule has 0 fully saturated rings. The Morgan fingerprint density at radius 1 is 0.263 bits per heavy atom. The summed E-state index contributed by atoms with van der Waals surface area (Å²) in [4.78, 5) is 38.4. The first-order chi connectivity index (χ1) is 39.5. The monoisotopic (exact) mass is 1100 g/mol. The number of carbonyl (C=O) groups excluding carboxylic acids is 3. The number of allylic oxidation sites excluding steroid dienone is 24. The fourth-order valence-electron chi connectivity index (χ4n) is 8.75. The Bertz CT molecular complexity index is 1750. The number of hydrogen-bond acceptors (Lipinski definition) is 6. The number of esters is 3. The van der Waals surface area contributed by atoms with Crippen molar-refractivity contribution in [3.63, 3.8) is 0 Å². The second-order valence-electron chi connectivity index (χ2n) is 21.3. The van der Waals surface area contributed by atoms with E-state index >= 15 is 0 Å². The van der Waals surface area contributed by atoms with E-state index < -0.39 is 6.10 Å². The molecule has 0 bridgehead atoms. The molecule has 0 rings (SSSR count). The Morgan fingerprint density at radius 3 is 0.812 bits per heavy atom. The van der Waals surface area contributed by atoms with Crippen LogP contribution in [0.2, 0.25) is 0 Å². The van der Waals surface area contributed by atoms with E-state index in [0.717, 1.165) is 141 Å². The minimum Gasteiger partial charge on any atom is -0.462 e. The molecular formula is C74H120O6. The van der Waals surface area contributed by atoms with Crippen molar-refractivity contribution < 1.29 is 28.6 Å². The highest BCUT2D eigenvalue weighted by molar-refractivity contribution is 5.71. The average Bonchev–Trinajstić information content (AvgIpc) is 3.46. The summed E-state index contributed by atoms with van der Waals surface area (Å²) in [5.74, 6) is -0.984. The van der Waals surface area contributed by atoms with Crippen LogP contribution in [0, 0.1) is 0 Å². The highest BCUT2D eigenvalue weighted by Gasteiger charge is 2.19. The van der Waals surface area contributed by atoms with E-state index in [1.807, 2.05) is 0 Å². The highest BCUT2D eigenvalue weighted by Crippen LogP contribution is 2.16. The van der Waals surface area contributed by atoms with E-state index in [9.17, 15) is 14.4 Å². The molecule has 0 aromatic carbocycles. The molecule has 0 aromatic rings. The van der Waals surface area contributed by atoms with Crippen molar-refractivity contribution in [3.05, 3.63) is 146 Å². The van der Waals surface area contributed by atoms with Gasteiger partial charge in [-0.1, -0.05) is 295 Å². The summed E-state index contributed by atoms with van der Waals surface area (Å²) in [6.07, 6.45) is 95.7. The summed E-state index contributed by atoms with van der Waals surface area (Å²) in [6, 6.07) is 0. The van der Waals surface area contributed by atoms with Crippen LogP contribution in [0.5, 0.6) is 0 Å². The van der Waals surface area contributed by atoms with Crippen molar-refractivity contribution in [3.8, 4) is 0 Å². The van der Waals surface area contributed by atoms with E-state index in [0.29, 0.717) is 12.8 Å². The number of unbranched alkanes of at least 4 members (excludes halogenated alkanes) is 23. The van der Waals surface area contributed by atoms with E-state index in [4.69, 9.17) is 14.2 Å². The molecule has 0 aromatic heterocycles. The number of carbonyl (C=O) groups is 3. The first-order valence-electron chi connectivity index (χ1n) is 32.8. The summed E-state index contributed by atoms with van der Waals surface area (Å²) in [5.41, 5.74) is 0. The van der Waals surface area contributed by atoms with Crippen LogP contribution < -0.4 is 0 Å². The third kappa shape index (κ3) is 64.1. The van der Waals surface area contributed by atoms with Gasteiger partial charge in [-0.2, -0.15) is 0 Å². The van der Waals surface area contributed by atoms with Crippen LogP contribution in [-0.4, -0.2) is 37.2 Å². The van der Waals surface area contributed by atoms with Crippen LogP contribution in [0.3, 0.4) is 0 Å². The van der Waals surface area contributed by atoms with E-state index in [1.165, 1.54) is 96.3 Å². The summed E-state index contributed by atoms with van der Waals surface area (Å²) in [7, 11) is 0. The predicted molar refractivity (Wildman–Crippen MR) is 348 cm³/mol. The molecule has 0 saturated heterocycles. The topological polar surface area (TPSA) is 78.9 Å². The first-order valence-corrected chi connectivity index (χ1v) is 32.8. The summed E-state index contributed by atoms with van der Waals surface area (Å²) in [5, 5.41) is 0. The Labute approximate surface area is 493 Å². The molecule has 6 heteroatoms. The number of ether oxygens (including phenoxy) is 3. The molecule has 0 spiro atoms. The third-order valence-electron chi connectivity index (χ3n) is 13.6. The van der Waals surface area contributed by atoms with Crippen molar-refractivity contribution >= 4 is 17.9 Å². The van der Waals surface area contributed by atoms with Gasteiger partial charge in [-0.25, -0.2) is 0 Å². The molecule has 80 heavy (non-hydrogen) atoms. The smallest absolute Gasteiger partial charge is 0.306 e. The van der Waals surface area contributed by atoms with Gasteiger partial charge >= 0.3 is 17.9 Å². The Morgan fingerprint density at radius 2 is 0.500 bits per heavy atom. The average molecular weight is 1110 g/mol. The van der Waals surface area contributed by atoms with E-state index in [-0.39, 0.29) is 44.0 Å². The molecule has 0 saturated carbocycles. The lowest BCUT2D eigenvalue weighted by molar-refractivity contribution is -0.167. The number of rotatable bonds is 58. The minimum absolute atomic E-state index is 0.107. The maximum Gasteiger partial charge on any atom is 0.306 e. The summed E-state index contributed by atoms with van der Waals surface area (Å²) >= 11 is 0. The summed E-state index contributed by atoms with van der Waals surface area (Å²) in [6.45, 7) is 6.37. The molecule has 0 heterocycles. The van der Waals surface area contributed by atoms with Crippen LogP contribution in [-0.2, 0) is 28.6 Å². The number of hydrogen-bond donors (Lipinski definition) is 0. The zero-order chi connectivity index (χ0) is 57.8. The lowest BCUT2D eigenvalue weighted by Gasteiger charge is -2.18. The van der Waals surface area contributed by atoms with Crippen molar-refractivity contribution in [2.45, 2.75) is 290 Å². The maximum atomic E-state index is 12.9. The lowest BCUT2D eigenvalue weighted by atomic mass is 10.0. The fraction of sp³-hybridized carbons (Fsp3) is 0.635. The van der Waals surface area contributed by atoms with Gasteiger partial charge in [-0.3, -0.25) is 14.4 Å². The molecule has 0 radical (unpaired) electrons. The first kappa shape index (κ1) is 75.3. The molecule has 0 N–H and O–H groups in total. The van der Waals surface area contributed by atoms with Crippen molar-refractivity contribution in [1.82, 2.24) is 0 Å². The largest absolute Gasteiger partial charge is 0.462 e.